The van der Waals surface area contributed by atoms with Gasteiger partial charge in [-0.2, -0.15) is 0 Å². The van der Waals surface area contributed by atoms with E-state index >= 15 is 0 Å². The summed E-state index contributed by atoms with van der Waals surface area (Å²) in [6.07, 6.45) is 4.33. The van der Waals surface area contributed by atoms with Crippen LogP contribution in [-0.4, -0.2) is 13.1 Å². The first-order valence-electron chi connectivity index (χ1n) is 7.63. The molecule has 0 saturated heterocycles. The van der Waals surface area contributed by atoms with Crippen molar-refractivity contribution in [3.05, 3.63) is 39.6 Å². The number of unbranched alkanes of at least 4 members (excludes halogenated alkanes) is 2. The lowest BCUT2D eigenvalue weighted by Gasteiger charge is -2.24. The van der Waals surface area contributed by atoms with Crippen molar-refractivity contribution in [2.24, 2.45) is 0 Å². The molecule has 2 nitrogen and oxygen atoms in total. The third-order valence-corrected chi connectivity index (χ3v) is 4.57. The molecule has 0 aliphatic heterocycles. The molecule has 0 fully saturated rings. The first-order chi connectivity index (χ1) is 10.2. The van der Waals surface area contributed by atoms with Gasteiger partial charge in [0, 0.05) is 28.6 Å². The Morgan fingerprint density at radius 3 is 2.43 bits per heavy atom. The molecule has 0 aliphatic carbocycles. The highest BCUT2D eigenvalue weighted by molar-refractivity contribution is 7.16. The van der Waals surface area contributed by atoms with Crippen molar-refractivity contribution in [3.8, 4) is 0 Å². The number of hydrogen-bond donors (Lipinski definition) is 0. The van der Waals surface area contributed by atoms with E-state index in [0.717, 1.165) is 49.2 Å². The fourth-order valence-electron chi connectivity index (χ4n) is 2.36. The van der Waals surface area contributed by atoms with Crippen LogP contribution in [0.2, 0.25) is 0 Å². The van der Waals surface area contributed by atoms with Gasteiger partial charge in [0.1, 0.15) is 5.82 Å². The molecule has 0 aliphatic rings. The molecule has 2 rings (SSSR count). The predicted octanol–water partition coefficient (Wildman–Crippen LogP) is 4.81. The maximum Gasteiger partial charge on any atom is 0.211 e. The van der Waals surface area contributed by atoms with E-state index in [4.69, 9.17) is 0 Å². The third-order valence-electron chi connectivity index (χ3n) is 3.62. The van der Waals surface area contributed by atoms with Crippen molar-refractivity contribution >= 4 is 27.1 Å². The van der Waals surface area contributed by atoms with Gasteiger partial charge in [-0.1, -0.05) is 26.7 Å². The SMILES string of the molecule is CCCCN(CCCC)c1csc2ccc(F)cc2c1=O. The summed E-state index contributed by atoms with van der Waals surface area (Å²) in [6.45, 7) is 6.07. The Morgan fingerprint density at radius 2 is 1.81 bits per heavy atom. The molecule has 0 radical (unpaired) electrons. The van der Waals surface area contributed by atoms with Crippen LogP contribution in [0.1, 0.15) is 39.5 Å². The first-order valence-corrected chi connectivity index (χ1v) is 8.51. The number of benzene rings is 1. The van der Waals surface area contributed by atoms with Gasteiger partial charge >= 0.3 is 0 Å². The minimum atomic E-state index is -0.349. The van der Waals surface area contributed by atoms with Gasteiger partial charge < -0.3 is 4.90 Å². The summed E-state index contributed by atoms with van der Waals surface area (Å²) in [7, 11) is 0. The molecule has 21 heavy (non-hydrogen) atoms. The summed E-state index contributed by atoms with van der Waals surface area (Å²) in [5.74, 6) is -0.349. The smallest absolute Gasteiger partial charge is 0.211 e. The molecule has 4 heteroatoms. The number of fused-ring (bicyclic) bond motifs is 1. The standard InChI is InChI=1S/C17H22FNOS/c1-3-5-9-19(10-6-4-2)15-12-21-16-8-7-13(18)11-14(16)17(15)20/h7-8,11-12H,3-6,9-10H2,1-2H3. The second-order valence-corrected chi connectivity index (χ2v) is 6.20. The van der Waals surface area contributed by atoms with E-state index in [1.54, 1.807) is 6.07 Å². The minimum Gasteiger partial charge on any atom is -0.368 e. The van der Waals surface area contributed by atoms with Crippen molar-refractivity contribution in [2.75, 3.05) is 18.0 Å². The largest absolute Gasteiger partial charge is 0.368 e. The van der Waals surface area contributed by atoms with Gasteiger partial charge in [-0.15, -0.1) is 11.3 Å². The fourth-order valence-corrected chi connectivity index (χ4v) is 3.28. The fraction of sp³-hybridized carbons (Fsp3) is 0.471. The van der Waals surface area contributed by atoms with Crippen LogP contribution in [-0.2, 0) is 0 Å². The average molecular weight is 307 g/mol. The Labute approximate surface area is 129 Å². The highest BCUT2D eigenvalue weighted by Crippen LogP contribution is 2.22. The Kier molecular flexibility index (Phi) is 5.74. The van der Waals surface area contributed by atoms with E-state index < -0.39 is 0 Å². The molecule has 0 saturated carbocycles. The van der Waals surface area contributed by atoms with Crippen LogP contribution in [0.15, 0.2) is 28.4 Å². The van der Waals surface area contributed by atoms with Crippen LogP contribution < -0.4 is 10.3 Å². The summed E-state index contributed by atoms with van der Waals surface area (Å²) in [4.78, 5) is 14.8. The molecule has 1 aromatic carbocycles. The minimum absolute atomic E-state index is 0.0459. The molecule has 114 valence electrons. The second kappa shape index (κ2) is 7.55. The molecule has 0 unspecified atom stereocenters. The normalized spacial score (nSPS) is 11.0. The lowest BCUT2D eigenvalue weighted by molar-refractivity contribution is 0.629. The molecular weight excluding hydrogens is 285 g/mol. The van der Waals surface area contributed by atoms with Crippen molar-refractivity contribution in [2.45, 2.75) is 39.5 Å². The van der Waals surface area contributed by atoms with Gasteiger partial charge in [0.15, 0.2) is 0 Å². The Morgan fingerprint density at radius 1 is 1.14 bits per heavy atom. The van der Waals surface area contributed by atoms with Gasteiger partial charge in [0.2, 0.25) is 5.43 Å². The number of halogens is 1. The van der Waals surface area contributed by atoms with Gasteiger partial charge in [0.25, 0.3) is 0 Å². The Bertz CT molecular complexity index is 645. The summed E-state index contributed by atoms with van der Waals surface area (Å²) in [5, 5.41) is 2.42. The second-order valence-electron chi connectivity index (χ2n) is 5.28. The molecule has 0 N–H and O–H groups in total. The first kappa shape index (κ1) is 16.0. The lowest BCUT2D eigenvalue weighted by atomic mass is 10.2. The summed E-state index contributed by atoms with van der Waals surface area (Å²) in [6, 6.07) is 4.45. The lowest BCUT2D eigenvalue weighted by Crippen LogP contribution is -2.30. The topological polar surface area (TPSA) is 20.3 Å². The number of nitrogens with zero attached hydrogens (tertiary/aromatic N) is 1. The van der Waals surface area contributed by atoms with Gasteiger partial charge in [-0.3, -0.25) is 4.79 Å². The molecular formula is C17H22FNOS. The summed E-state index contributed by atoms with van der Waals surface area (Å²) in [5.41, 5.74) is 0.676. The van der Waals surface area contributed by atoms with Crippen LogP contribution in [0.25, 0.3) is 10.1 Å². The average Bonchev–Trinajstić information content (AvgIpc) is 2.49. The zero-order valence-electron chi connectivity index (χ0n) is 12.7. The van der Waals surface area contributed by atoms with Crippen LogP contribution in [0, 0.1) is 5.82 Å². The van der Waals surface area contributed by atoms with Crippen molar-refractivity contribution in [1.29, 1.82) is 0 Å². The third kappa shape index (κ3) is 3.82. The highest BCUT2D eigenvalue weighted by Gasteiger charge is 2.12. The highest BCUT2D eigenvalue weighted by atomic mass is 32.1. The van der Waals surface area contributed by atoms with Crippen LogP contribution in [0.5, 0.6) is 0 Å². The van der Waals surface area contributed by atoms with E-state index in [0.29, 0.717) is 5.39 Å². The van der Waals surface area contributed by atoms with Crippen molar-refractivity contribution < 1.29 is 4.39 Å². The Balaban J connectivity index is 2.41. The number of anilines is 1. The zero-order chi connectivity index (χ0) is 15.2. The molecule has 0 bridgehead atoms. The predicted molar refractivity (Wildman–Crippen MR) is 90.1 cm³/mol. The summed E-state index contributed by atoms with van der Waals surface area (Å²) >= 11 is 1.51. The van der Waals surface area contributed by atoms with Crippen LogP contribution in [0.3, 0.4) is 0 Å². The Hall–Kier alpha value is -1.42. The van der Waals surface area contributed by atoms with Crippen molar-refractivity contribution in [3.63, 3.8) is 0 Å². The van der Waals surface area contributed by atoms with Gasteiger partial charge in [-0.25, -0.2) is 4.39 Å². The van der Waals surface area contributed by atoms with E-state index in [-0.39, 0.29) is 11.2 Å². The number of hydrogen-bond acceptors (Lipinski definition) is 3. The van der Waals surface area contributed by atoms with Gasteiger partial charge in [-0.05, 0) is 31.0 Å². The molecule has 0 spiro atoms. The zero-order valence-corrected chi connectivity index (χ0v) is 13.5. The van der Waals surface area contributed by atoms with Crippen LogP contribution in [0.4, 0.5) is 10.1 Å². The van der Waals surface area contributed by atoms with E-state index in [9.17, 15) is 9.18 Å². The van der Waals surface area contributed by atoms with E-state index in [1.807, 2.05) is 5.38 Å². The van der Waals surface area contributed by atoms with Gasteiger partial charge in [0.05, 0.1) is 5.69 Å². The van der Waals surface area contributed by atoms with E-state index in [1.165, 1.54) is 23.5 Å². The molecule has 0 atom stereocenters. The maximum atomic E-state index is 13.4. The molecule has 1 heterocycles. The van der Waals surface area contributed by atoms with E-state index in [2.05, 4.69) is 18.7 Å². The quantitative estimate of drug-likeness (QED) is 0.732. The van der Waals surface area contributed by atoms with Crippen molar-refractivity contribution in [1.82, 2.24) is 0 Å². The molecule has 2 aromatic rings. The molecule has 1 aromatic heterocycles. The monoisotopic (exact) mass is 307 g/mol. The summed E-state index contributed by atoms with van der Waals surface area (Å²) < 4.78 is 14.3. The number of rotatable bonds is 7. The molecule has 0 amide bonds. The maximum absolute atomic E-state index is 13.4. The van der Waals surface area contributed by atoms with Crippen LogP contribution >= 0.6 is 11.3 Å².